The van der Waals surface area contributed by atoms with E-state index < -0.39 is 0 Å². The summed E-state index contributed by atoms with van der Waals surface area (Å²) >= 11 is 3.50. The first-order valence-electron chi connectivity index (χ1n) is 5.98. The summed E-state index contributed by atoms with van der Waals surface area (Å²) in [5.74, 6) is 0. The van der Waals surface area contributed by atoms with Gasteiger partial charge in [-0.25, -0.2) is 0 Å². The van der Waals surface area contributed by atoms with Crippen LogP contribution in [0, 0.1) is 0 Å². The highest BCUT2D eigenvalue weighted by Crippen LogP contribution is 2.19. The molecule has 94 valence electrons. The molecule has 0 spiro atoms. The molecule has 0 aliphatic rings. The largest absolute Gasteiger partial charge is 0.464 e. The lowest BCUT2D eigenvalue weighted by molar-refractivity contribution is 0.594. The third kappa shape index (κ3) is 2.34. The van der Waals surface area contributed by atoms with Gasteiger partial charge in [-0.1, -0.05) is 46.3 Å². The van der Waals surface area contributed by atoms with E-state index in [2.05, 4.69) is 15.9 Å². The highest BCUT2D eigenvalue weighted by atomic mass is 79.9. The molecule has 1 heterocycles. The molecule has 0 aliphatic heterocycles. The predicted octanol–water partition coefficient (Wildman–Crippen LogP) is 4.15. The van der Waals surface area contributed by atoms with E-state index in [1.165, 1.54) is 0 Å². The van der Waals surface area contributed by atoms with Gasteiger partial charge in [-0.3, -0.25) is 4.79 Å². The van der Waals surface area contributed by atoms with Crippen LogP contribution in [0.4, 0.5) is 0 Å². The Kier molecular flexibility index (Phi) is 3.22. The van der Waals surface area contributed by atoms with Crippen molar-refractivity contribution in [2.75, 3.05) is 0 Å². The Morgan fingerprint density at radius 3 is 2.53 bits per heavy atom. The van der Waals surface area contributed by atoms with Crippen LogP contribution < -0.4 is 5.43 Å². The van der Waals surface area contributed by atoms with E-state index in [0.717, 1.165) is 10.0 Å². The van der Waals surface area contributed by atoms with Crippen molar-refractivity contribution >= 4 is 26.9 Å². The number of benzene rings is 2. The van der Waals surface area contributed by atoms with Crippen LogP contribution in [-0.4, -0.2) is 0 Å². The average Bonchev–Trinajstić information content (AvgIpc) is 2.44. The molecule has 0 saturated heterocycles. The molecule has 3 heteroatoms. The number of hydrogen-bond acceptors (Lipinski definition) is 2. The second-order valence-corrected chi connectivity index (χ2v) is 5.21. The van der Waals surface area contributed by atoms with Crippen LogP contribution in [0.3, 0.4) is 0 Å². The average molecular weight is 315 g/mol. The Bertz CT molecular complexity index is 790. The summed E-state index contributed by atoms with van der Waals surface area (Å²) in [6, 6.07) is 15.2. The lowest BCUT2D eigenvalue weighted by atomic mass is 10.1. The minimum Gasteiger partial charge on any atom is -0.464 e. The quantitative estimate of drug-likeness (QED) is 0.711. The standard InChI is InChI=1S/C16H11BrO2/c17-14-7-3-1-5-11(14)9-12-10-19-15-8-4-2-6-13(15)16(12)18/h1-8,10H,9H2. The van der Waals surface area contributed by atoms with Gasteiger partial charge in [0.05, 0.1) is 11.6 Å². The van der Waals surface area contributed by atoms with Crippen LogP contribution in [0.15, 0.2) is 68.5 Å². The molecule has 19 heavy (non-hydrogen) atoms. The zero-order valence-electron chi connectivity index (χ0n) is 10.1. The fourth-order valence-electron chi connectivity index (χ4n) is 2.09. The van der Waals surface area contributed by atoms with E-state index in [-0.39, 0.29) is 5.43 Å². The maximum atomic E-state index is 12.4. The van der Waals surface area contributed by atoms with E-state index in [4.69, 9.17) is 4.42 Å². The first-order chi connectivity index (χ1) is 9.25. The molecule has 2 nitrogen and oxygen atoms in total. The van der Waals surface area contributed by atoms with Gasteiger partial charge in [0, 0.05) is 16.5 Å². The van der Waals surface area contributed by atoms with Gasteiger partial charge in [0.2, 0.25) is 0 Å². The van der Waals surface area contributed by atoms with Crippen LogP contribution in [0.5, 0.6) is 0 Å². The summed E-state index contributed by atoms with van der Waals surface area (Å²) < 4.78 is 6.52. The highest BCUT2D eigenvalue weighted by molar-refractivity contribution is 9.10. The number of rotatable bonds is 2. The molecule has 0 aliphatic carbocycles. The van der Waals surface area contributed by atoms with E-state index in [1.54, 1.807) is 18.4 Å². The first kappa shape index (κ1) is 12.2. The van der Waals surface area contributed by atoms with E-state index >= 15 is 0 Å². The van der Waals surface area contributed by atoms with Gasteiger partial charge < -0.3 is 4.42 Å². The molecule has 0 saturated carbocycles. The van der Waals surface area contributed by atoms with E-state index in [9.17, 15) is 4.79 Å². The Morgan fingerprint density at radius 2 is 1.68 bits per heavy atom. The van der Waals surface area contributed by atoms with E-state index in [0.29, 0.717) is 23.0 Å². The molecule has 1 aromatic heterocycles. The number of para-hydroxylation sites is 1. The number of fused-ring (bicyclic) bond motifs is 1. The lowest BCUT2D eigenvalue weighted by Gasteiger charge is -2.04. The second-order valence-electron chi connectivity index (χ2n) is 4.35. The van der Waals surface area contributed by atoms with Crippen LogP contribution in [-0.2, 0) is 6.42 Å². The third-order valence-electron chi connectivity index (χ3n) is 3.09. The minimum absolute atomic E-state index is 0.0394. The molecular weight excluding hydrogens is 304 g/mol. The van der Waals surface area contributed by atoms with Gasteiger partial charge in [-0.15, -0.1) is 0 Å². The van der Waals surface area contributed by atoms with Gasteiger partial charge in [-0.05, 0) is 23.8 Å². The molecule has 0 radical (unpaired) electrons. The summed E-state index contributed by atoms with van der Waals surface area (Å²) in [5, 5.41) is 0.632. The zero-order chi connectivity index (χ0) is 13.2. The molecule has 3 rings (SSSR count). The monoisotopic (exact) mass is 314 g/mol. The molecule has 3 aromatic rings. The van der Waals surface area contributed by atoms with Crippen LogP contribution in [0.1, 0.15) is 11.1 Å². The van der Waals surface area contributed by atoms with Crippen LogP contribution in [0.25, 0.3) is 11.0 Å². The maximum Gasteiger partial charge on any atom is 0.196 e. The molecule has 0 N–H and O–H groups in total. The first-order valence-corrected chi connectivity index (χ1v) is 6.78. The predicted molar refractivity (Wildman–Crippen MR) is 79.4 cm³/mol. The molecule has 2 aromatic carbocycles. The lowest BCUT2D eigenvalue weighted by Crippen LogP contribution is -2.09. The van der Waals surface area contributed by atoms with Crippen molar-refractivity contribution in [3.63, 3.8) is 0 Å². The molecule has 0 unspecified atom stereocenters. The van der Waals surface area contributed by atoms with Crippen LogP contribution in [0.2, 0.25) is 0 Å². The number of halogens is 1. The van der Waals surface area contributed by atoms with Gasteiger partial charge in [0.25, 0.3) is 0 Å². The Hall–Kier alpha value is -1.87. The molecular formula is C16H11BrO2. The summed E-state index contributed by atoms with van der Waals surface area (Å²) in [5.41, 5.74) is 2.41. The topological polar surface area (TPSA) is 30.2 Å². The highest BCUT2D eigenvalue weighted by Gasteiger charge is 2.08. The molecule has 0 atom stereocenters. The van der Waals surface area contributed by atoms with Crippen molar-refractivity contribution in [2.45, 2.75) is 6.42 Å². The SMILES string of the molecule is O=c1c(Cc2ccccc2Br)coc2ccccc12. The Morgan fingerprint density at radius 1 is 0.947 bits per heavy atom. The van der Waals surface area contributed by atoms with Crippen LogP contribution >= 0.6 is 15.9 Å². The van der Waals surface area contributed by atoms with Gasteiger partial charge in [-0.2, -0.15) is 0 Å². The molecule has 0 bridgehead atoms. The van der Waals surface area contributed by atoms with Crippen molar-refractivity contribution in [2.24, 2.45) is 0 Å². The van der Waals surface area contributed by atoms with E-state index in [1.807, 2.05) is 36.4 Å². The van der Waals surface area contributed by atoms with Crippen molar-refractivity contribution in [3.05, 3.63) is 80.6 Å². The van der Waals surface area contributed by atoms with Crippen molar-refractivity contribution in [1.82, 2.24) is 0 Å². The fraction of sp³-hybridized carbons (Fsp3) is 0.0625. The summed E-state index contributed by atoms with van der Waals surface area (Å²) in [4.78, 5) is 12.4. The van der Waals surface area contributed by atoms with Crippen molar-refractivity contribution in [3.8, 4) is 0 Å². The smallest absolute Gasteiger partial charge is 0.196 e. The fourth-order valence-corrected chi connectivity index (χ4v) is 2.51. The van der Waals surface area contributed by atoms with Gasteiger partial charge >= 0.3 is 0 Å². The van der Waals surface area contributed by atoms with Gasteiger partial charge in [0.15, 0.2) is 5.43 Å². The Labute approximate surface area is 118 Å². The van der Waals surface area contributed by atoms with Crippen molar-refractivity contribution < 1.29 is 4.42 Å². The summed E-state index contributed by atoms with van der Waals surface area (Å²) in [7, 11) is 0. The zero-order valence-corrected chi connectivity index (χ0v) is 11.7. The summed E-state index contributed by atoms with van der Waals surface area (Å²) in [6.45, 7) is 0. The minimum atomic E-state index is 0.0394. The maximum absolute atomic E-state index is 12.4. The molecule has 0 amide bonds. The van der Waals surface area contributed by atoms with Gasteiger partial charge in [0.1, 0.15) is 5.58 Å². The summed E-state index contributed by atoms with van der Waals surface area (Å²) in [6.07, 6.45) is 2.12. The number of hydrogen-bond donors (Lipinski definition) is 0. The Balaban J connectivity index is 2.10. The second kappa shape index (κ2) is 5.02. The van der Waals surface area contributed by atoms with Crippen molar-refractivity contribution in [1.29, 1.82) is 0 Å². The molecule has 0 fully saturated rings. The normalized spacial score (nSPS) is 10.8. The third-order valence-corrected chi connectivity index (χ3v) is 3.86.